The summed E-state index contributed by atoms with van der Waals surface area (Å²) in [7, 11) is 0. The van der Waals surface area contributed by atoms with Gasteiger partial charge in [0.05, 0.1) is 0 Å². The van der Waals surface area contributed by atoms with Gasteiger partial charge in [0.25, 0.3) is 0 Å². The number of carbonyl (C=O) groups is 4. The minimum absolute atomic E-state index is 0. The van der Waals surface area contributed by atoms with Gasteiger partial charge in [0.2, 0.25) is 0 Å². The Bertz CT molecular complexity index is 687. The summed E-state index contributed by atoms with van der Waals surface area (Å²) in [6.07, 6.45) is 29.1. The average molecular weight is 620 g/mol. The number of esters is 4. The van der Waals surface area contributed by atoms with Crippen molar-refractivity contribution in [2.75, 3.05) is 0 Å². The van der Waals surface area contributed by atoms with Crippen LogP contribution in [0.5, 0.6) is 0 Å². The summed E-state index contributed by atoms with van der Waals surface area (Å²) in [5, 5.41) is 0. The molecule has 0 rings (SSSR count). The Labute approximate surface area is 286 Å². The van der Waals surface area contributed by atoms with Gasteiger partial charge in [-0.3, -0.25) is 14.4 Å². The van der Waals surface area contributed by atoms with Gasteiger partial charge in [-0.25, -0.2) is 4.79 Å². The molecule has 0 spiro atoms. The summed E-state index contributed by atoms with van der Waals surface area (Å²) < 4.78 is 9.65. The van der Waals surface area contributed by atoms with Gasteiger partial charge in [0.1, 0.15) is 6.04 Å². The molecule has 0 radical (unpaired) electrons. The third-order valence-electron chi connectivity index (χ3n) is 7.87. The van der Waals surface area contributed by atoms with Gasteiger partial charge in [-0.15, -0.1) is 0 Å². The first-order chi connectivity index (χ1) is 20.4. The third kappa shape index (κ3) is 32.4. The summed E-state index contributed by atoms with van der Waals surface area (Å²) in [4.78, 5) is 47.8. The van der Waals surface area contributed by atoms with Crippen molar-refractivity contribution in [2.45, 2.75) is 200 Å². The van der Waals surface area contributed by atoms with Crippen molar-refractivity contribution in [3.63, 3.8) is 0 Å². The Morgan fingerprint density at radius 2 is 0.721 bits per heavy atom. The molecule has 0 unspecified atom stereocenters. The SMILES string of the molecule is CCCCCCCCCCCCCCCCCC(=O)OC(=O)[C@@H](N)CCC(=O)OC(=O)CCCCCCCCCCC.[NaH]. The number of hydrogen-bond donors (Lipinski definition) is 1. The van der Waals surface area contributed by atoms with Crippen molar-refractivity contribution in [3.8, 4) is 0 Å². The fourth-order valence-electron chi connectivity index (χ4n) is 5.08. The van der Waals surface area contributed by atoms with E-state index in [0.29, 0.717) is 12.8 Å². The molecule has 43 heavy (non-hydrogen) atoms. The molecule has 0 saturated carbocycles. The number of unbranched alkanes of at least 4 members (excludes halogenated alkanes) is 22. The molecule has 0 aliphatic carbocycles. The van der Waals surface area contributed by atoms with Crippen molar-refractivity contribution in [3.05, 3.63) is 0 Å². The fraction of sp³-hybridized carbons (Fsp3) is 0.886. The van der Waals surface area contributed by atoms with Crippen LogP contribution >= 0.6 is 0 Å². The molecule has 0 aliphatic heterocycles. The second-order valence-electron chi connectivity index (χ2n) is 12.1. The minimum atomic E-state index is -1.10. The zero-order chi connectivity index (χ0) is 31.1. The molecule has 7 nitrogen and oxygen atoms in total. The Morgan fingerprint density at radius 1 is 0.442 bits per heavy atom. The molecule has 1 atom stereocenters. The van der Waals surface area contributed by atoms with Crippen molar-refractivity contribution in [1.82, 2.24) is 0 Å². The molecular weight excluding hydrogens is 553 g/mol. The second-order valence-corrected chi connectivity index (χ2v) is 12.1. The Balaban J connectivity index is 0. The van der Waals surface area contributed by atoms with Crippen LogP contribution in [0.25, 0.3) is 0 Å². The quantitative estimate of drug-likeness (QED) is 0.0370. The van der Waals surface area contributed by atoms with Crippen LogP contribution in [0, 0.1) is 0 Å². The van der Waals surface area contributed by atoms with Gasteiger partial charge < -0.3 is 15.2 Å². The standard InChI is InChI=1S/C35H65NO6.Na.H/c1-3-5-7-9-11-13-14-15-16-17-18-20-22-24-26-28-33(38)42-35(40)31(36)29-30-34(39)41-32(37)27-25-23-21-19-12-10-8-6-4-2;;/h31H,3-30,36H2,1-2H3;;/t31-;;/m0../s1. The molecule has 248 valence electrons. The van der Waals surface area contributed by atoms with E-state index in [9.17, 15) is 19.2 Å². The average Bonchev–Trinajstić information content (AvgIpc) is 2.96. The summed E-state index contributed by atoms with van der Waals surface area (Å²) in [6, 6.07) is -1.10. The van der Waals surface area contributed by atoms with Gasteiger partial charge in [-0.1, -0.05) is 155 Å². The van der Waals surface area contributed by atoms with E-state index < -0.39 is 29.9 Å². The number of hydrogen-bond acceptors (Lipinski definition) is 7. The zero-order valence-electron chi connectivity index (χ0n) is 27.4. The normalized spacial score (nSPS) is 11.5. The summed E-state index contributed by atoms with van der Waals surface area (Å²) in [5.74, 6) is -2.67. The van der Waals surface area contributed by atoms with Crippen LogP contribution in [0.15, 0.2) is 0 Å². The van der Waals surface area contributed by atoms with Gasteiger partial charge in [0, 0.05) is 19.3 Å². The van der Waals surface area contributed by atoms with Gasteiger partial charge in [-0.05, 0) is 19.3 Å². The molecule has 0 heterocycles. The van der Waals surface area contributed by atoms with Crippen LogP contribution in [-0.2, 0) is 28.7 Å². The van der Waals surface area contributed by atoms with E-state index in [1.54, 1.807) is 0 Å². The second kappa shape index (κ2) is 34.1. The topological polar surface area (TPSA) is 113 Å². The Morgan fingerprint density at radius 3 is 1.07 bits per heavy atom. The molecule has 0 bridgehead atoms. The predicted octanol–water partition coefficient (Wildman–Crippen LogP) is 8.77. The van der Waals surface area contributed by atoms with Crippen molar-refractivity contribution in [1.29, 1.82) is 0 Å². The van der Waals surface area contributed by atoms with E-state index in [0.717, 1.165) is 25.7 Å². The molecule has 8 heteroatoms. The van der Waals surface area contributed by atoms with Gasteiger partial charge in [-0.2, -0.15) is 0 Å². The first kappa shape index (κ1) is 44.4. The maximum absolute atomic E-state index is 12.1. The third-order valence-corrected chi connectivity index (χ3v) is 7.87. The van der Waals surface area contributed by atoms with E-state index in [1.807, 2.05) is 0 Å². The molecule has 0 aromatic rings. The van der Waals surface area contributed by atoms with E-state index in [2.05, 4.69) is 13.8 Å². The van der Waals surface area contributed by atoms with Gasteiger partial charge in [0.15, 0.2) is 0 Å². The van der Waals surface area contributed by atoms with Crippen molar-refractivity contribution in [2.24, 2.45) is 5.73 Å². The first-order valence-electron chi connectivity index (χ1n) is 17.6. The van der Waals surface area contributed by atoms with Crippen molar-refractivity contribution < 1.29 is 28.7 Å². The molecule has 0 aliphatic rings. The molecular formula is C35H66NNaO6. The summed E-state index contributed by atoms with van der Waals surface area (Å²) in [6.45, 7) is 4.46. The maximum atomic E-state index is 12.1. The molecule has 0 saturated heterocycles. The molecule has 0 aromatic heterocycles. The van der Waals surface area contributed by atoms with E-state index in [1.165, 1.54) is 116 Å². The molecule has 0 aromatic carbocycles. The van der Waals surface area contributed by atoms with Crippen LogP contribution in [0.3, 0.4) is 0 Å². The summed E-state index contributed by atoms with van der Waals surface area (Å²) in [5.41, 5.74) is 5.78. The fourth-order valence-corrected chi connectivity index (χ4v) is 5.08. The molecule has 0 amide bonds. The summed E-state index contributed by atoms with van der Waals surface area (Å²) >= 11 is 0. The van der Waals surface area contributed by atoms with Crippen LogP contribution in [-0.4, -0.2) is 59.5 Å². The van der Waals surface area contributed by atoms with E-state index in [-0.39, 0.29) is 55.2 Å². The predicted molar refractivity (Wildman–Crippen MR) is 178 cm³/mol. The zero-order valence-corrected chi connectivity index (χ0v) is 27.4. The monoisotopic (exact) mass is 619 g/mol. The molecule has 0 fully saturated rings. The Kier molecular flexibility index (Phi) is 35.2. The van der Waals surface area contributed by atoms with Crippen LogP contribution in [0.4, 0.5) is 0 Å². The number of carbonyl (C=O) groups excluding carboxylic acids is 4. The van der Waals surface area contributed by atoms with Crippen LogP contribution in [0.2, 0.25) is 0 Å². The van der Waals surface area contributed by atoms with Crippen LogP contribution < -0.4 is 5.73 Å². The first-order valence-corrected chi connectivity index (χ1v) is 17.6. The van der Waals surface area contributed by atoms with E-state index >= 15 is 0 Å². The number of rotatable bonds is 30. The van der Waals surface area contributed by atoms with Gasteiger partial charge >= 0.3 is 53.4 Å². The number of nitrogens with two attached hydrogens (primary N) is 1. The van der Waals surface area contributed by atoms with Crippen molar-refractivity contribution >= 4 is 53.4 Å². The number of ether oxygens (including phenoxy) is 2. The molecule has 2 N–H and O–H groups in total. The Hall–Kier alpha value is -0.760. The van der Waals surface area contributed by atoms with Crippen LogP contribution in [0.1, 0.15) is 194 Å². The van der Waals surface area contributed by atoms with E-state index in [4.69, 9.17) is 15.2 Å².